The number of hydrogen-bond acceptors (Lipinski definition) is 16. The SMILES string of the molecule is C.C=C(C#N)C#N.FC(F)=C(C(F)(F)F)C(F)(F)F.N.N#CC(C#N)C(=N)F.N#CC(C#N)C(N)(F)F.N=C(F)C(C(F)(F)F)C(F)(F)F.NC(F)(F)C(C(F)(F)F)C(F)(F)F.[C-]#[N+]C(C#N)C#N.[C-]#[N+]C(C(=N)F)C(F)(F)F.[C-]#[N+]C(C(F)(F)F)C(F)(F)F.[C-]#[N+]C(C(N)(F)F)C(F)(F)F.[C-]#[N+]C(C)=C(F)F.[C-]#[N+]C(C)C#N. The Kier molecular flexibility index (Phi) is 67.5. The van der Waals surface area contributed by atoms with Gasteiger partial charge in [-0.25, -0.2) is 37.7 Å². The molecule has 0 rings (SSSR count). The number of nitrogens with two attached hydrogens (primary N) is 3. The highest BCUT2D eigenvalue weighted by Gasteiger charge is 2.68. The summed E-state index contributed by atoms with van der Waals surface area (Å²) in [4.78, 5) is 13.0. The van der Waals surface area contributed by atoms with Crippen molar-refractivity contribution in [3.05, 3.63) is 104 Å². The summed E-state index contributed by atoms with van der Waals surface area (Å²) >= 11 is 0. The van der Waals surface area contributed by atoms with E-state index in [4.69, 9.17) is 103 Å². The monoisotopic (exact) mass is 1750 g/mol. The lowest BCUT2D eigenvalue weighted by atomic mass is 10.1. The smallest absolute Gasteiger partial charge is 0.344 e. The van der Waals surface area contributed by atoms with Crippen molar-refractivity contribution in [1.82, 2.24) is 6.15 Å². The van der Waals surface area contributed by atoms with Crippen LogP contribution in [0.2, 0.25) is 0 Å². The molecular weight excluding hydrogens is 1710 g/mol. The van der Waals surface area contributed by atoms with Crippen molar-refractivity contribution in [2.75, 3.05) is 0 Å². The molecule has 114 heavy (non-hydrogen) atoms. The van der Waals surface area contributed by atoms with E-state index in [0.29, 0.717) is 0 Å². The van der Waals surface area contributed by atoms with Gasteiger partial charge in [0.2, 0.25) is 46.9 Å². The zero-order valence-corrected chi connectivity index (χ0v) is 52.8. The van der Waals surface area contributed by atoms with Gasteiger partial charge in [-0.1, -0.05) is 14.0 Å². The highest BCUT2D eigenvalue weighted by Crippen LogP contribution is 2.46. The van der Waals surface area contributed by atoms with E-state index < -0.39 is 175 Å². The molecule has 3 atom stereocenters. The molecule has 0 aromatic rings. The molecule has 0 bridgehead atoms. The van der Waals surface area contributed by atoms with E-state index in [9.17, 15) is 189 Å². The third-order valence-corrected chi connectivity index (χ3v) is 7.56. The van der Waals surface area contributed by atoms with Crippen LogP contribution in [0.25, 0.3) is 29.1 Å². The molecule has 0 fully saturated rings. The number of halogens is 43. The largest absolute Gasteiger partial charge is 0.475 e. The van der Waals surface area contributed by atoms with Crippen molar-refractivity contribution in [2.24, 2.45) is 40.9 Å². The fourth-order valence-electron chi connectivity index (χ4n) is 2.98. The van der Waals surface area contributed by atoms with Crippen molar-refractivity contribution in [3.8, 4) is 54.6 Å². The first-order valence-corrected chi connectivity index (χ1v) is 23.6. The Morgan fingerprint density at radius 3 is 0.684 bits per heavy atom. The fraction of sp³-hybridized carbons (Fsp3) is 0.510. The Labute approximate surface area is 607 Å². The minimum absolute atomic E-state index is 0. The number of alkyl halides is 36. The molecule has 0 aromatic heterocycles. The first-order chi connectivity index (χ1) is 49.2. The average molecular weight is 1750 g/mol. The minimum Gasteiger partial charge on any atom is -0.344 e. The number of nitriles is 9. The van der Waals surface area contributed by atoms with Gasteiger partial charge in [-0.2, -0.15) is 236 Å². The molecule has 3 unspecified atom stereocenters. The van der Waals surface area contributed by atoms with Crippen molar-refractivity contribution in [2.45, 2.75) is 131 Å². The van der Waals surface area contributed by atoms with Gasteiger partial charge in [0.1, 0.15) is 17.7 Å². The maximum absolute atomic E-state index is 11.7. The highest BCUT2D eigenvalue weighted by molar-refractivity contribution is 5.80. The number of hydrogen-bond donors (Lipinski definition) is 7. The van der Waals surface area contributed by atoms with Crippen LogP contribution in [0.4, 0.5) is 189 Å². The van der Waals surface area contributed by atoms with Crippen molar-refractivity contribution in [3.63, 3.8) is 0 Å². The molecule has 0 saturated carbocycles. The lowest BCUT2D eigenvalue weighted by Gasteiger charge is -2.27. The van der Waals surface area contributed by atoms with Crippen LogP contribution >= 0.6 is 0 Å². The van der Waals surface area contributed by atoms with E-state index >= 15 is 0 Å². The Balaban J connectivity index is -0.0000000802. The molecule has 0 aliphatic carbocycles. The van der Waals surface area contributed by atoms with E-state index in [1.807, 2.05) is 4.85 Å². The quantitative estimate of drug-likeness (QED) is 0.0428. The van der Waals surface area contributed by atoms with Crippen LogP contribution in [0.5, 0.6) is 0 Å². The zero-order chi connectivity index (χ0) is 93.9. The topological polar surface area (TPSA) is 425 Å². The fourth-order valence-corrected chi connectivity index (χ4v) is 2.98. The molecule has 0 amide bonds. The molecule has 0 radical (unpaired) electrons. The standard InChI is InChI=1S/C4H3F8N.C4F8.C4H2F7N.C4HF6N.C4H3F5N2.C4H2F4N2.C4H3F2N3.C4H3F2N.C4H2FN3.C4HN3.C4H4N2.C4H2N2.CH4.H3N/c5-2(6,7)1(3(8,9)10)4(11,12)13;5-2(6)1(3(7,8)9)4(10,11)12;5-2(12)1(3(6,7)8)4(9,10)11;2*1-11-2(3(5,6)7)4(8,9)10;1-10-2(3(5)9)4(6,7)8;5-4(6,9)3(1-7)2-8;1-3(7-2)4(5)6;5-4(8)3(1-6)2-7;1-7-4(2-5)3-6;1-4(3-5)6-2;1-4(2-5)3-6;;/h1H,13H2;;1,12H;2H;2H,10H2;2,9H;3H,9H2;1H3;3,8H;4H;4H,1H3;1H2;1H4;1H3. The zero-order valence-electron chi connectivity index (χ0n) is 52.8. The number of rotatable bonds is 6. The van der Waals surface area contributed by atoms with Gasteiger partial charge in [-0.3, -0.25) is 57.7 Å². The van der Waals surface area contributed by atoms with Crippen LogP contribution in [0.1, 0.15) is 21.3 Å². The van der Waals surface area contributed by atoms with Gasteiger partial charge in [-0.15, -0.1) is 0 Å². The second-order valence-electron chi connectivity index (χ2n) is 16.3. The van der Waals surface area contributed by atoms with Gasteiger partial charge in [0.05, 0.1) is 30.8 Å². The van der Waals surface area contributed by atoms with Crippen molar-refractivity contribution >= 4 is 17.9 Å². The molecule has 22 nitrogen and oxygen atoms in total. The lowest BCUT2D eigenvalue weighted by Crippen LogP contribution is -2.53. The van der Waals surface area contributed by atoms with E-state index in [1.54, 1.807) is 30.0 Å². The summed E-state index contributed by atoms with van der Waals surface area (Å²) in [5, 5.41) is 88.1. The summed E-state index contributed by atoms with van der Waals surface area (Å²) in [6.07, 6.45) is -63.0. The first-order valence-electron chi connectivity index (χ1n) is 23.6. The summed E-state index contributed by atoms with van der Waals surface area (Å²) in [6, 6.07) is -12.9. The van der Waals surface area contributed by atoms with E-state index in [-0.39, 0.29) is 19.2 Å². The number of nitrogens with zero attached hydrogens (tertiary/aromatic N) is 15. The van der Waals surface area contributed by atoms with Crippen molar-refractivity contribution < 1.29 is 189 Å². The Morgan fingerprint density at radius 1 is 0.377 bits per heavy atom. The summed E-state index contributed by atoms with van der Waals surface area (Å²) in [7, 11) is 0. The van der Waals surface area contributed by atoms with E-state index in [2.05, 4.69) is 38.3 Å². The van der Waals surface area contributed by atoms with Crippen LogP contribution in [0.3, 0.4) is 0 Å². The van der Waals surface area contributed by atoms with Gasteiger partial charge in [0, 0.05) is 6.92 Å². The molecule has 0 aromatic carbocycles. The molecule has 0 spiro atoms. The van der Waals surface area contributed by atoms with Crippen LogP contribution in [0.15, 0.2) is 35.6 Å². The van der Waals surface area contributed by atoms with Gasteiger partial charge in [0.25, 0.3) is 18.1 Å². The second-order valence-corrected chi connectivity index (χ2v) is 16.3. The normalized spacial score (nSPS) is 11.6. The van der Waals surface area contributed by atoms with Crippen LogP contribution < -0.4 is 23.4 Å². The molecular formula is C49H33F43N22. The Hall–Kier alpha value is -12.6. The van der Waals surface area contributed by atoms with Crippen molar-refractivity contribution in [1.29, 1.82) is 63.6 Å². The van der Waals surface area contributed by atoms with E-state index in [0.717, 1.165) is 19.1 Å². The molecule has 0 heterocycles. The average Bonchev–Trinajstić information content (AvgIpc) is 0.788. The van der Waals surface area contributed by atoms with Gasteiger partial charge < -0.3 is 6.15 Å². The predicted octanol–water partition coefficient (Wildman–Crippen LogP) is 19.1. The van der Waals surface area contributed by atoms with Gasteiger partial charge in [0.15, 0.2) is 18.2 Å². The molecule has 65 heteroatoms. The van der Waals surface area contributed by atoms with Gasteiger partial charge >= 0.3 is 110 Å². The molecule has 0 aliphatic heterocycles. The Bertz CT molecular complexity index is 3460. The first kappa shape index (κ1) is 134. The molecule has 640 valence electrons. The minimum atomic E-state index is -6.11. The summed E-state index contributed by atoms with van der Waals surface area (Å²) in [6.45, 7) is 41.4. The Morgan fingerprint density at radius 2 is 0.684 bits per heavy atom. The summed E-state index contributed by atoms with van der Waals surface area (Å²) in [5.41, 5.74) is 7.08. The maximum Gasteiger partial charge on any atom is 0.475 e. The summed E-state index contributed by atoms with van der Waals surface area (Å²) in [5.74, 6) is -19.2. The van der Waals surface area contributed by atoms with Crippen LogP contribution in [-0.2, 0) is 0 Å². The highest BCUT2D eigenvalue weighted by atomic mass is 19.5. The second kappa shape index (κ2) is 57.5. The van der Waals surface area contributed by atoms with Gasteiger partial charge in [-0.05, 0) is 6.92 Å². The lowest BCUT2D eigenvalue weighted by molar-refractivity contribution is -0.336. The van der Waals surface area contributed by atoms with E-state index in [1.165, 1.54) is 29.1 Å². The molecule has 12 N–H and O–H groups in total. The third-order valence-electron chi connectivity index (χ3n) is 7.56. The van der Waals surface area contributed by atoms with Crippen LogP contribution in [-0.4, -0.2) is 128 Å². The molecule has 0 aliphatic rings. The number of allylic oxidation sites excluding steroid dienone is 3. The number of nitrogens with one attached hydrogen (secondary N) is 3. The molecule has 0 saturated heterocycles. The summed E-state index contributed by atoms with van der Waals surface area (Å²) < 4.78 is 489. The maximum atomic E-state index is 11.7. The van der Waals surface area contributed by atoms with Crippen LogP contribution in [0, 0.1) is 181 Å². The predicted molar refractivity (Wildman–Crippen MR) is 288 cm³/mol. The third kappa shape index (κ3) is 72.3.